The predicted octanol–water partition coefficient (Wildman–Crippen LogP) is 2.72. The van der Waals surface area contributed by atoms with Crippen LogP contribution in [0, 0.1) is 6.92 Å². The van der Waals surface area contributed by atoms with E-state index < -0.39 is 10.0 Å². The van der Waals surface area contributed by atoms with E-state index in [-0.39, 0.29) is 10.9 Å². The van der Waals surface area contributed by atoms with Crippen LogP contribution in [0.3, 0.4) is 0 Å². The van der Waals surface area contributed by atoms with Crippen molar-refractivity contribution in [3.8, 4) is 0 Å². The number of nitrogen functional groups attached to an aromatic ring is 1. The summed E-state index contributed by atoms with van der Waals surface area (Å²) in [5, 5.41) is 3.24. The van der Waals surface area contributed by atoms with Gasteiger partial charge in [-0.15, -0.1) is 11.3 Å². The van der Waals surface area contributed by atoms with Crippen molar-refractivity contribution < 1.29 is 8.42 Å². The van der Waals surface area contributed by atoms with Crippen LogP contribution >= 0.6 is 11.3 Å². The number of benzene rings is 1. The third kappa shape index (κ3) is 3.55. The lowest BCUT2D eigenvalue weighted by Crippen LogP contribution is -2.21. The van der Waals surface area contributed by atoms with Crippen LogP contribution in [0.1, 0.15) is 22.7 Å². The van der Waals surface area contributed by atoms with Crippen LogP contribution in [0.2, 0.25) is 0 Å². The number of thiophene rings is 1. The fourth-order valence-electron chi connectivity index (χ4n) is 1.98. The topological polar surface area (TPSA) is 84.2 Å². The fourth-order valence-corrected chi connectivity index (χ4v) is 3.79. The van der Waals surface area contributed by atoms with Gasteiger partial charge in [-0.3, -0.25) is 0 Å². The molecule has 1 aromatic heterocycles. The van der Waals surface area contributed by atoms with Gasteiger partial charge in [-0.1, -0.05) is 0 Å². The Balaban J connectivity index is 2.36. The lowest BCUT2D eigenvalue weighted by Gasteiger charge is -2.17. The molecule has 0 aliphatic rings. The minimum atomic E-state index is -3.56. The molecule has 1 atom stereocenters. The molecule has 0 radical (unpaired) electrons. The van der Waals surface area contributed by atoms with Crippen LogP contribution in [0.5, 0.6) is 0 Å². The highest BCUT2D eigenvalue weighted by Gasteiger charge is 2.19. The van der Waals surface area contributed by atoms with Gasteiger partial charge in [-0.25, -0.2) is 13.1 Å². The highest BCUT2D eigenvalue weighted by Crippen LogP contribution is 2.30. The Hall–Kier alpha value is -1.57. The van der Waals surface area contributed by atoms with Gasteiger partial charge in [0.25, 0.3) is 0 Å². The lowest BCUT2D eigenvalue weighted by molar-refractivity contribution is 0.588. The zero-order valence-electron chi connectivity index (χ0n) is 12.2. The van der Waals surface area contributed by atoms with Gasteiger partial charge >= 0.3 is 0 Å². The largest absolute Gasteiger partial charge is 0.399 e. The molecule has 0 aliphatic heterocycles. The highest BCUT2D eigenvalue weighted by atomic mass is 32.2. The molecule has 1 aromatic carbocycles. The van der Waals surface area contributed by atoms with Gasteiger partial charge in [-0.2, -0.15) is 0 Å². The van der Waals surface area contributed by atoms with E-state index in [2.05, 4.69) is 10.0 Å². The number of aryl methyl sites for hydroxylation is 1. The Morgan fingerprint density at radius 2 is 1.95 bits per heavy atom. The first-order valence-corrected chi connectivity index (χ1v) is 8.79. The van der Waals surface area contributed by atoms with Gasteiger partial charge in [0.1, 0.15) is 4.90 Å². The molecule has 0 bridgehead atoms. The quantitative estimate of drug-likeness (QED) is 0.738. The van der Waals surface area contributed by atoms with E-state index in [1.165, 1.54) is 18.0 Å². The molecular formula is C14H19N3O2S2. The minimum Gasteiger partial charge on any atom is -0.399 e. The average Bonchev–Trinajstić information content (AvgIpc) is 2.87. The van der Waals surface area contributed by atoms with Crippen LogP contribution in [0.15, 0.2) is 35.2 Å². The third-order valence-corrected chi connectivity index (χ3v) is 5.76. The summed E-state index contributed by atoms with van der Waals surface area (Å²) in [5.41, 5.74) is 6.66. The summed E-state index contributed by atoms with van der Waals surface area (Å²) in [7, 11) is -2.18. The first-order chi connectivity index (χ1) is 9.83. The standard InChI is InChI=1S/C14H19N3O2S2/c1-9-4-7-13(20-9)10(2)17-12-6-5-11(15)8-14(12)21(18,19)16-3/h4-8,10,16-17H,15H2,1-3H3. The van der Waals surface area contributed by atoms with Gasteiger partial charge in [0.2, 0.25) is 10.0 Å². The van der Waals surface area contributed by atoms with Crippen LogP contribution in [0.4, 0.5) is 11.4 Å². The second-order valence-corrected chi connectivity index (χ2v) is 7.95. The normalized spacial score (nSPS) is 13.1. The zero-order chi connectivity index (χ0) is 15.6. The number of nitrogens with one attached hydrogen (secondary N) is 2. The number of hydrogen-bond acceptors (Lipinski definition) is 5. The van der Waals surface area contributed by atoms with E-state index in [0.29, 0.717) is 11.4 Å². The van der Waals surface area contributed by atoms with Gasteiger partial charge in [0, 0.05) is 15.4 Å². The molecule has 4 N–H and O–H groups in total. The van der Waals surface area contributed by atoms with E-state index in [1.54, 1.807) is 23.5 Å². The Labute approximate surface area is 129 Å². The van der Waals surface area contributed by atoms with Crippen molar-refractivity contribution in [2.24, 2.45) is 0 Å². The predicted molar refractivity (Wildman–Crippen MR) is 88.2 cm³/mol. The molecule has 0 spiro atoms. The summed E-state index contributed by atoms with van der Waals surface area (Å²) in [5.74, 6) is 0. The first kappa shape index (κ1) is 15.8. The maximum atomic E-state index is 12.1. The van der Waals surface area contributed by atoms with E-state index in [4.69, 9.17) is 5.73 Å². The minimum absolute atomic E-state index is 0.0122. The second-order valence-electron chi connectivity index (χ2n) is 4.78. The molecule has 0 saturated heterocycles. The molecule has 0 amide bonds. The van der Waals surface area contributed by atoms with Crippen LogP contribution in [0.25, 0.3) is 0 Å². The van der Waals surface area contributed by atoms with Gasteiger partial charge in [0.15, 0.2) is 0 Å². The Kier molecular flexibility index (Phi) is 4.55. The molecule has 0 saturated carbocycles. The van der Waals surface area contributed by atoms with Crippen molar-refractivity contribution in [3.05, 3.63) is 40.1 Å². The third-order valence-electron chi connectivity index (χ3n) is 3.12. The number of anilines is 2. The molecule has 2 rings (SSSR count). The molecule has 2 aromatic rings. The number of hydrogen-bond donors (Lipinski definition) is 3. The van der Waals surface area contributed by atoms with Crippen molar-refractivity contribution in [2.45, 2.75) is 24.8 Å². The lowest BCUT2D eigenvalue weighted by atomic mass is 10.2. The number of sulfonamides is 1. The van der Waals surface area contributed by atoms with Crippen molar-refractivity contribution in [1.82, 2.24) is 4.72 Å². The van der Waals surface area contributed by atoms with Gasteiger partial charge in [0.05, 0.1) is 11.7 Å². The van der Waals surface area contributed by atoms with Gasteiger partial charge < -0.3 is 11.1 Å². The summed E-state index contributed by atoms with van der Waals surface area (Å²) < 4.78 is 26.5. The van der Waals surface area contributed by atoms with Crippen LogP contribution in [-0.4, -0.2) is 15.5 Å². The first-order valence-electron chi connectivity index (χ1n) is 6.49. The molecule has 7 heteroatoms. The SMILES string of the molecule is CNS(=O)(=O)c1cc(N)ccc1NC(C)c1ccc(C)s1. The smallest absolute Gasteiger partial charge is 0.242 e. The van der Waals surface area contributed by atoms with Crippen LogP contribution < -0.4 is 15.8 Å². The molecule has 21 heavy (non-hydrogen) atoms. The van der Waals surface area contributed by atoms with Crippen LogP contribution in [-0.2, 0) is 10.0 Å². The molecule has 0 fully saturated rings. The summed E-state index contributed by atoms with van der Waals surface area (Å²) in [6.45, 7) is 4.04. The molecular weight excluding hydrogens is 306 g/mol. The second kappa shape index (κ2) is 6.05. The van der Waals surface area contributed by atoms with Gasteiger partial charge in [-0.05, 0) is 51.2 Å². The van der Waals surface area contributed by atoms with Crippen molar-refractivity contribution in [1.29, 1.82) is 0 Å². The van der Waals surface area contributed by atoms with E-state index >= 15 is 0 Å². The maximum Gasteiger partial charge on any atom is 0.242 e. The summed E-state index contributed by atoms with van der Waals surface area (Å²) in [6.07, 6.45) is 0. The molecule has 1 unspecified atom stereocenters. The number of rotatable bonds is 5. The fraction of sp³-hybridized carbons (Fsp3) is 0.286. The molecule has 5 nitrogen and oxygen atoms in total. The van der Waals surface area contributed by atoms with Crippen molar-refractivity contribution in [3.63, 3.8) is 0 Å². The Bertz CT molecular complexity index is 738. The Morgan fingerprint density at radius 3 is 2.52 bits per heavy atom. The van der Waals surface area contributed by atoms with E-state index in [9.17, 15) is 8.42 Å². The zero-order valence-corrected chi connectivity index (χ0v) is 13.8. The highest BCUT2D eigenvalue weighted by molar-refractivity contribution is 7.89. The average molecular weight is 325 g/mol. The molecule has 1 heterocycles. The van der Waals surface area contributed by atoms with Crippen molar-refractivity contribution >= 4 is 32.7 Å². The molecule has 114 valence electrons. The van der Waals surface area contributed by atoms with E-state index in [1.807, 2.05) is 26.0 Å². The number of nitrogens with two attached hydrogens (primary N) is 1. The summed E-state index contributed by atoms with van der Waals surface area (Å²) >= 11 is 1.69. The van der Waals surface area contributed by atoms with Crippen molar-refractivity contribution in [2.75, 3.05) is 18.1 Å². The molecule has 0 aliphatic carbocycles. The Morgan fingerprint density at radius 1 is 1.24 bits per heavy atom. The summed E-state index contributed by atoms with van der Waals surface area (Å²) in [6, 6.07) is 8.94. The maximum absolute atomic E-state index is 12.1. The van der Waals surface area contributed by atoms with E-state index in [0.717, 1.165) is 4.88 Å². The summed E-state index contributed by atoms with van der Waals surface area (Å²) in [4.78, 5) is 2.53. The monoisotopic (exact) mass is 325 g/mol.